The lowest BCUT2D eigenvalue weighted by molar-refractivity contribution is 0.0900. The Morgan fingerprint density at radius 2 is 1.89 bits per heavy atom. The van der Waals surface area contributed by atoms with E-state index in [4.69, 9.17) is 9.47 Å². The average molecular weight is 481 g/mol. The number of nitrogens with zero attached hydrogens (tertiary/aromatic N) is 3. The number of likely N-dealkylation sites (tertiary alicyclic amines) is 1. The standard InChI is InChI=1S/C26H29FN4O4/c1-34-24-9-7-19(17-22(24)27)18-30-13-11-20(12-14-30)28-26(33)23-8-10-25(32)31(29-23)15-16-35-21-5-3-2-4-6-21/h2-10,17,20H,11-16,18H2,1H3,(H,28,33). The number of benzene rings is 2. The quantitative estimate of drug-likeness (QED) is 0.507. The highest BCUT2D eigenvalue weighted by Gasteiger charge is 2.22. The molecule has 8 nitrogen and oxygen atoms in total. The van der Waals surface area contributed by atoms with Crippen molar-refractivity contribution in [2.75, 3.05) is 26.8 Å². The fraction of sp³-hybridized carbons (Fsp3) is 0.346. The van der Waals surface area contributed by atoms with Crippen LogP contribution in [-0.4, -0.2) is 53.4 Å². The van der Waals surface area contributed by atoms with Crippen LogP contribution in [0, 0.1) is 5.82 Å². The first-order valence-corrected chi connectivity index (χ1v) is 11.6. The van der Waals surface area contributed by atoms with Gasteiger partial charge < -0.3 is 14.8 Å². The molecule has 1 amide bonds. The zero-order valence-corrected chi connectivity index (χ0v) is 19.7. The Morgan fingerprint density at radius 1 is 1.11 bits per heavy atom. The van der Waals surface area contributed by atoms with Gasteiger partial charge in [-0.2, -0.15) is 5.10 Å². The maximum atomic E-state index is 13.9. The highest BCUT2D eigenvalue weighted by molar-refractivity contribution is 5.92. The minimum Gasteiger partial charge on any atom is -0.494 e. The summed E-state index contributed by atoms with van der Waals surface area (Å²) in [4.78, 5) is 27.1. The first-order chi connectivity index (χ1) is 17.0. The van der Waals surface area contributed by atoms with Crippen LogP contribution in [0.3, 0.4) is 0 Å². The van der Waals surface area contributed by atoms with Gasteiger partial charge in [0.1, 0.15) is 18.1 Å². The van der Waals surface area contributed by atoms with Gasteiger partial charge in [-0.15, -0.1) is 0 Å². The van der Waals surface area contributed by atoms with E-state index in [2.05, 4.69) is 15.3 Å². The van der Waals surface area contributed by atoms with Crippen LogP contribution in [0.5, 0.6) is 11.5 Å². The number of piperidine rings is 1. The van der Waals surface area contributed by atoms with Crippen molar-refractivity contribution in [3.05, 3.63) is 88.1 Å². The van der Waals surface area contributed by atoms with E-state index >= 15 is 0 Å². The molecule has 9 heteroatoms. The third kappa shape index (κ3) is 6.66. The van der Waals surface area contributed by atoms with Crippen LogP contribution >= 0.6 is 0 Å². The lowest BCUT2D eigenvalue weighted by Crippen LogP contribution is -2.44. The fourth-order valence-corrected chi connectivity index (χ4v) is 4.06. The summed E-state index contributed by atoms with van der Waals surface area (Å²) in [6, 6.07) is 17.1. The number of aromatic nitrogens is 2. The predicted molar refractivity (Wildman–Crippen MR) is 129 cm³/mol. The normalized spacial score (nSPS) is 14.5. The molecular formula is C26H29FN4O4. The summed E-state index contributed by atoms with van der Waals surface area (Å²) in [7, 11) is 1.45. The molecule has 3 aromatic rings. The van der Waals surface area contributed by atoms with Gasteiger partial charge in [-0.25, -0.2) is 9.07 Å². The number of hydrogen-bond donors (Lipinski definition) is 1. The maximum Gasteiger partial charge on any atom is 0.271 e. The van der Waals surface area contributed by atoms with E-state index in [0.717, 1.165) is 31.5 Å². The Kier molecular flexibility index (Phi) is 8.10. The second-order valence-corrected chi connectivity index (χ2v) is 8.43. The van der Waals surface area contributed by atoms with E-state index in [1.165, 1.54) is 30.0 Å². The van der Waals surface area contributed by atoms with Crippen LogP contribution in [0.25, 0.3) is 0 Å². The molecule has 0 radical (unpaired) electrons. The molecule has 1 saturated heterocycles. The van der Waals surface area contributed by atoms with Gasteiger partial charge in [0.2, 0.25) is 0 Å². The minimum atomic E-state index is -0.368. The number of para-hydroxylation sites is 1. The van der Waals surface area contributed by atoms with Gasteiger partial charge in [-0.1, -0.05) is 24.3 Å². The highest BCUT2D eigenvalue weighted by Crippen LogP contribution is 2.20. The van der Waals surface area contributed by atoms with Crippen molar-refractivity contribution in [1.82, 2.24) is 20.0 Å². The van der Waals surface area contributed by atoms with E-state index in [-0.39, 0.29) is 47.9 Å². The molecule has 0 spiro atoms. The van der Waals surface area contributed by atoms with E-state index in [1.54, 1.807) is 6.07 Å². The first kappa shape index (κ1) is 24.4. The summed E-state index contributed by atoms with van der Waals surface area (Å²) in [5.41, 5.74) is 0.787. The van der Waals surface area contributed by atoms with Crippen LogP contribution < -0.4 is 20.3 Å². The number of rotatable bonds is 9. The van der Waals surface area contributed by atoms with Crippen LogP contribution in [0.4, 0.5) is 4.39 Å². The number of amides is 1. The number of carbonyl (C=O) groups is 1. The Hall–Kier alpha value is -3.72. The second kappa shape index (κ2) is 11.6. The Bertz CT molecular complexity index is 1190. The van der Waals surface area contributed by atoms with Crippen molar-refractivity contribution >= 4 is 5.91 Å². The minimum absolute atomic E-state index is 0.00921. The van der Waals surface area contributed by atoms with Crippen molar-refractivity contribution in [1.29, 1.82) is 0 Å². The van der Waals surface area contributed by atoms with E-state index < -0.39 is 0 Å². The molecule has 1 aliphatic heterocycles. The molecule has 35 heavy (non-hydrogen) atoms. The maximum absolute atomic E-state index is 13.9. The zero-order chi connectivity index (χ0) is 24.6. The van der Waals surface area contributed by atoms with E-state index in [0.29, 0.717) is 12.3 Å². The van der Waals surface area contributed by atoms with Crippen molar-refractivity contribution < 1.29 is 18.7 Å². The number of halogens is 1. The third-order valence-corrected chi connectivity index (χ3v) is 5.96. The zero-order valence-electron chi connectivity index (χ0n) is 19.7. The Morgan fingerprint density at radius 3 is 2.60 bits per heavy atom. The molecule has 2 aromatic carbocycles. The number of hydrogen-bond acceptors (Lipinski definition) is 6. The summed E-state index contributed by atoms with van der Waals surface area (Å²) in [5.74, 6) is 0.266. The molecule has 0 unspecified atom stereocenters. The molecule has 0 atom stereocenters. The third-order valence-electron chi connectivity index (χ3n) is 5.96. The van der Waals surface area contributed by atoms with Gasteiger partial charge in [-0.05, 0) is 48.7 Å². The van der Waals surface area contributed by atoms with Crippen LogP contribution in [0.2, 0.25) is 0 Å². The van der Waals surface area contributed by atoms with Gasteiger partial charge in [-0.3, -0.25) is 14.5 Å². The van der Waals surface area contributed by atoms with Gasteiger partial charge in [0.25, 0.3) is 11.5 Å². The largest absolute Gasteiger partial charge is 0.494 e. The number of ether oxygens (including phenoxy) is 2. The van der Waals surface area contributed by atoms with Gasteiger partial charge in [0, 0.05) is 31.7 Å². The Labute approximate surface area is 203 Å². The molecule has 1 N–H and O–H groups in total. The lowest BCUT2D eigenvalue weighted by atomic mass is 10.0. The molecule has 2 heterocycles. The molecule has 0 saturated carbocycles. The summed E-state index contributed by atoms with van der Waals surface area (Å²) in [6.45, 7) is 2.70. The molecule has 1 aromatic heterocycles. The van der Waals surface area contributed by atoms with Gasteiger partial charge in [0.05, 0.1) is 13.7 Å². The second-order valence-electron chi connectivity index (χ2n) is 8.43. The van der Waals surface area contributed by atoms with Crippen LogP contribution in [0.15, 0.2) is 65.5 Å². The summed E-state index contributed by atoms with van der Waals surface area (Å²) in [5, 5.41) is 7.24. The molecule has 1 aliphatic rings. The summed E-state index contributed by atoms with van der Waals surface area (Å²) >= 11 is 0. The highest BCUT2D eigenvalue weighted by atomic mass is 19.1. The van der Waals surface area contributed by atoms with E-state index in [9.17, 15) is 14.0 Å². The van der Waals surface area contributed by atoms with E-state index in [1.807, 2.05) is 36.4 Å². The smallest absolute Gasteiger partial charge is 0.271 e. The van der Waals surface area contributed by atoms with Crippen molar-refractivity contribution in [3.8, 4) is 11.5 Å². The number of nitrogens with one attached hydrogen (secondary N) is 1. The van der Waals surface area contributed by atoms with Crippen molar-refractivity contribution in [2.45, 2.75) is 32.0 Å². The average Bonchev–Trinajstić information content (AvgIpc) is 2.87. The van der Waals surface area contributed by atoms with Gasteiger partial charge >= 0.3 is 0 Å². The molecule has 184 valence electrons. The van der Waals surface area contributed by atoms with Crippen molar-refractivity contribution in [2.24, 2.45) is 0 Å². The molecular weight excluding hydrogens is 451 g/mol. The predicted octanol–water partition coefficient (Wildman–Crippen LogP) is 2.86. The number of methoxy groups -OCH3 is 1. The first-order valence-electron chi connectivity index (χ1n) is 11.6. The topological polar surface area (TPSA) is 85.7 Å². The fourth-order valence-electron chi connectivity index (χ4n) is 4.06. The van der Waals surface area contributed by atoms with Gasteiger partial charge in [0.15, 0.2) is 11.6 Å². The molecule has 0 aliphatic carbocycles. The summed E-state index contributed by atoms with van der Waals surface area (Å²) < 4.78 is 25.8. The SMILES string of the molecule is COc1ccc(CN2CCC(NC(=O)c3ccc(=O)n(CCOc4ccccc4)n3)CC2)cc1F. The molecule has 1 fully saturated rings. The van der Waals surface area contributed by atoms with Crippen LogP contribution in [0.1, 0.15) is 28.9 Å². The molecule has 0 bridgehead atoms. The lowest BCUT2D eigenvalue weighted by Gasteiger charge is -2.32. The monoisotopic (exact) mass is 480 g/mol. The summed E-state index contributed by atoms with van der Waals surface area (Å²) in [6.07, 6.45) is 1.55. The molecule has 4 rings (SSSR count). The Balaban J connectivity index is 1.26. The van der Waals surface area contributed by atoms with Crippen molar-refractivity contribution in [3.63, 3.8) is 0 Å². The van der Waals surface area contributed by atoms with Crippen LogP contribution in [-0.2, 0) is 13.1 Å². The number of carbonyl (C=O) groups excluding carboxylic acids is 1.